The maximum Gasteiger partial charge on any atom is 0.150 e. The van der Waals surface area contributed by atoms with Gasteiger partial charge in [-0.25, -0.2) is 8.42 Å². The predicted octanol–water partition coefficient (Wildman–Crippen LogP) is 1.99. The van der Waals surface area contributed by atoms with E-state index in [4.69, 9.17) is 4.74 Å². The van der Waals surface area contributed by atoms with Crippen LogP contribution in [0.1, 0.15) is 47.0 Å². The molecule has 1 aliphatic rings. The minimum absolute atomic E-state index is 0.105. The van der Waals surface area contributed by atoms with Gasteiger partial charge in [-0.05, 0) is 26.2 Å². The molecule has 5 heteroatoms. The molecule has 1 fully saturated rings. The highest BCUT2D eigenvalue weighted by Gasteiger charge is 2.40. The van der Waals surface area contributed by atoms with Crippen molar-refractivity contribution >= 4 is 9.84 Å². The Kier molecular flexibility index (Phi) is 6.27. The third-order valence-electron chi connectivity index (χ3n) is 4.26. The van der Waals surface area contributed by atoms with Crippen LogP contribution in [0.5, 0.6) is 0 Å². The highest BCUT2D eigenvalue weighted by Crippen LogP contribution is 2.39. The fourth-order valence-electron chi connectivity index (χ4n) is 2.66. The molecule has 1 heterocycles. The number of sulfone groups is 1. The first kappa shape index (κ1) is 16.9. The third-order valence-corrected chi connectivity index (χ3v) is 6.05. The summed E-state index contributed by atoms with van der Waals surface area (Å²) in [5.41, 5.74) is 0.105. The molecule has 0 amide bonds. The Hall–Kier alpha value is -0.130. The van der Waals surface area contributed by atoms with Gasteiger partial charge in [-0.2, -0.15) is 0 Å². The normalized spacial score (nSPS) is 28.2. The van der Waals surface area contributed by atoms with Crippen molar-refractivity contribution in [1.29, 1.82) is 0 Å². The molecule has 0 aromatic heterocycles. The van der Waals surface area contributed by atoms with Crippen molar-refractivity contribution in [3.05, 3.63) is 0 Å². The van der Waals surface area contributed by atoms with Crippen LogP contribution in [-0.4, -0.2) is 45.2 Å². The van der Waals surface area contributed by atoms with Gasteiger partial charge < -0.3 is 10.1 Å². The first-order valence-corrected chi connectivity index (χ1v) is 9.19. The lowest BCUT2D eigenvalue weighted by Gasteiger charge is -2.33. The van der Waals surface area contributed by atoms with E-state index in [1.54, 1.807) is 6.92 Å². The highest BCUT2D eigenvalue weighted by molar-refractivity contribution is 7.91. The largest absolute Gasteiger partial charge is 0.378 e. The highest BCUT2D eigenvalue weighted by atomic mass is 32.2. The van der Waals surface area contributed by atoms with E-state index in [9.17, 15) is 8.42 Å². The molecule has 1 N–H and O–H groups in total. The molecule has 114 valence electrons. The molecule has 4 nitrogen and oxygen atoms in total. The quantitative estimate of drug-likeness (QED) is 0.743. The van der Waals surface area contributed by atoms with Crippen LogP contribution in [0.4, 0.5) is 0 Å². The van der Waals surface area contributed by atoms with Gasteiger partial charge in [0.15, 0.2) is 0 Å². The van der Waals surface area contributed by atoms with E-state index in [0.29, 0.717) is 11.8 Å². The lowest BCUT2D eigenvalue weighted by Crippen LogP contribution is -2.42. The van der Waals surface area contributed by atoms with Gasteiger partial charge in [0.05, 0.1) is 11.9 Å². The minimum atomic E-state index is -2.85. The zero-order chi connectivity index (χ0) is 14.5. The Labute approximate surface area is 118 Å². The Morgan fingerprint density at radius 3 is 2.58 bits per heavy atom. The molecule has 19 heavy (non-hydrogen) atoms. The van der Waals surface area contributed by atoms with Crippen molar-refractivity contribution in [2.75, 3.05) is 24.7 Å². The van der Waals surface area contributed by atoms with Crippen molar-refractivity contribution < 1.29 is 13.2 Å². The molecule has 0 aromatic rings. The van der Waals surface area contributed by atoms with Crippen LogP contribution in [-0.2, 0) is 14.6 Å². The minimum Gasteiger partial charge on any atom is -0.378 e. The van der Waals surface area contributed by atoms with Crippen LogP contribution < -0.4 is 5.32 Å². The van der Waals surface area contributed by atoms with E-state index in [1.165, 1.54) is 0 Å². The van der Waals surface area contributed by atoms with E-state index in [-0.39, 0.29) is 17.3 Å². The van der Waals surface area contributed by atoms with Crippen LogP contribution in [0.2, 0.25) is 0 Å². The second-order valence-corrected chi connectivity index (χ2v) is 8.47. The van der Waals surface area contributed by atoms with Gasteiger partial charge in [-0.3, -0.25) is 0 Å². The zero-order valence-corrected chi connectivity index (χ0v) is 13.6. The van der Waals surface area contributed by atoms with Crippen molar-refractivity contribution in [2.45, 2.75) is 59.1 Å². The standard InChI is InChI=1S/C14H29NO3S/c1-5-19(16,17)10-6-7-14(11-15-12(2)3)8-9-18-13(14)4/h12-13,15H,5-11H2,1-4H3. The lowest BCUT2D eigenvalue weighted by molar-refractivity contribution is 0.0572. The van der Waals surface area contributed by atoms with E-state index < -0.39 is 9.84 Å². The number of hydrogen-bond donors (Lipinski definition) is 1. The van der Waals surface area contributed by atoms with Crippen LogP contribution >= 0.6 is 0 Å². The summed E-state index contributed by atoms with van der Waals surface area (Å²) in [7, 11) is -2.85. The number of ether oxygens (including phenoxy) is 1. The van der Waals surface area contributed by atoms with E-state index in [1.807, 2.05) is 0 Å². The summed E-state index contributed by atoms with van der Waals surface area (Å²) in [5, 5.41) is 3.49. The first-order valence-electron chi connectivity index (χ1n) is 7.37. The van der Waals surface area contributed by atoms with Gasteiger partial charge in [0, 0.05) is 30.4 Å². The second kappa shape index (κ2) is 7.04. The average molecular weight is 291 g/mol. The Morgan fingerprint density at radius 1 is 1.42 bits per heavy atom. The van der Waals surface area contributed by atoms with Gasteiger partial charge in [0.1, 0.15) is 9.84 Å². The lowest BCUT2D eigenvalue weighted by atomic mass is 9.77. The molecule has 0 aromatic carbocycles. The van der Waals surface area contributed by atoms with Gasteiger partial charge in [0.25, 0.3) is 0 Å². The van der Waals surface area contributed by atoms with Gasteiger partial charge >= 0.3 is 0 Å². The fraction of sp³-hybridized carbons (Fsp3) is 1.00. The fourth-order valence-corrected chi connectivity index (χ4v) is 3.54. The predicted molar refractivity (Wildman–Crippen MR) is 79.2 cm³/mol. The number of hydrogen-bond acceptors (Lipinski definition) is 4. The maximum absolute atomic E-state index is 11.6. The SMILES string of the molecule is CCS(=O)(=O)CCCC1(CNC(C)C)CCOC1C. The molecule has 0 spiro atoms. The summed E-state index contributed by atoms with van der Waals surface area (Å²) in [4.78, 5) is 0. The molecule has 2 unspecified atom stereocenters. The van der Waals surface area contributed by atoms with Gasteiger partial charge in [-0.15, -0.1) is 0 Å². The molecule has 0 aliphatic carbocycles. The molecule has 1 saturated heterocycles. The third kappa shape index (κ3) is 5.04. The van der Waals surface area contributed by atoms with Gasteiger partial charge in [0.2, 0.25) is 0 Å². The number of rotatable bonds is 8. The van der Waals surface area contributed by atoms with E-state index >= 15 is 0 Å². The monoisotopic (exact) mass is 291 g/mol. The average Bonchev–Trinajstić information content (AvgIpc) is 2.69. The summed E-state index contributed by atoms with van der Waals surface area (Å²) in [5.74, 6) is 0.552. The van der Waals surface area contributed by atoms with E-state index in [2.05, 4.69) is 26.1 Å². The van der Waals surface area contributed by atoms with Crippen molar-refractivity contribution in [2.24, 2.45) is 5.41 Å². The summed E-state index contributed by atoms with van der Waals surface area (Å²) in [6, 6.07) is 0.448. The van der Waals surface area contributed by atoms with Crippen LogP contribution in [0, 0.1) is 5.41 Å². The molecule has 1 rings (SSSR count). The second-order valence-electron chi connectivity index (χ2n) is 6.00. The molecular weight excluding hydrogens is 262 g/mol. The Morgan fingerprint density at radius 2 is 2.11 bits per heavy atom. The molecule has 2 atom stereocenters. The maximum atomic E-state index is 11.6. The first-order chi connectivity index (χ1) is 8.81. The molecule has 0 bridgehead atoms. The summed E-state index contributed by atoms with van der Waals surface area (Å²) in [6.07, 6.45) is 2.90. The van der Waals surface area contributed by atoms with Crippen LogP contribution in [0.3, 0.4) is 0 Å². The molecule has 0 radical (unpaired) electrons. The topological polar surface area (TPSA) is 55.4 Å². The van der Waals surface area contributed by atoms with E-state index in [0.717, 1.165) is 32.4 Å². The Bertz CT molecular complexity index is 367. The van der Waals surface area contributed by atoms with Gasteiger partial charge in [-0.1, -0.05) is 20.8 Å². The zero-order valence-electron chi connectivity index (χ0n) is 12.7. The Balaban J connectivity index is 2.56. The van der Waals surface area contributed by atoms with Crippen LogP contribution in [0.15, 0.2) is 0 Å². The number of nitrogens with one attached hydrogen (secondary N) is 1. The van der Waals surface area contributed by atoms with Crippen molar-refractivity contribution in [3.63, 3.8) is 0 Å². The smallest absolute Gasteiger partial charge is 0.150 e. The van der Waals surface area contributed by atoms with Crippen LogP contribution in [0.25, 0.3) is 0 Å². The van der Waals surface area contributed by atoms with Crippen molar-refractivity contribution in [3.8, 4) is 0 Å². The van der Waals surface area contributed by atoms with Crippen molar-refractivity contribution in [1.82, 2.24) is 5.32 Å². The molecule has 1 aliphatic heterocycles. The molecular formula is C14H29NO3S. The molecule has 0 saturated carbocycles. The summed E-state index contributed by atoms with van der Waals surface area (Å²) in [6.45, 7) is 9.81. The summed E-state index contributed by atoms with van der Waals surface area (Å²) < 4.78 is 28.9. The summed E-state index contributed by atoms with van der Waals surface area (Å²) >= 11 is 0.